The number of piperidine rings is 1. The van der Waals surface area contributed by atoms with Crippen molar-refractivity contribution in [2.45, 2.75) is 38.2 Å². The van der Waals surface area contributed by atoms with E-state index in [9.17, 15) is 14.0 Å². The van der Waals surface area contributed by atoms with Gasteiger partial charge in [0.15, 0.2) is 0 Å². The van der Waals surface area contributed by atoms with E-state index in [0.29, 0.717) is 30.6 Å². The van der Waals surface area contributed by atoms with Crippen LogP contribution in [0.1, 0.15) is 41.6 Å². The lowest BCUT2D eigenvalue weighted by atomic mass is 9.87. The normalized spacial score (nSPS) is 21.3. The standard InChI is InChI=1S/C17H23FN2O3/c1-12-4-5-13(10-14(12)18)16(22)20-9-3-7-17(11-20,23-2)8-6-15(19)21/h4-5,10H,3,6-9,11H2,1-2H3,(H2,19,21)/t17-/m1/s1. The van der Waals surface area contributed by atoms with Gasteiger partial charge in [0.1, 0.15) is 5.82 Å². The molecule has 0 aromatic heterocycles. The molecule has 1 heterocycles. The van der Waals surface area contributed by atoms with Crippen LogP contribution in [0.2, 0.25) is 0 Å². The number of hydrogen-bond donors (Lipinski definition) is 1. The summed E-state index contributed by atoms with van der Waals surface area (Å²) >= 11 is 0. The van der Waals surface area contributed by atoms with Gasteiger partial charge in [-0.3, -0.25) is 9.59 Å². The van der Waals surface area contributed by atoms with Crippen molar-refractivity contribution >= 4 is 11.8 Å². The Labute approximate surface area is 135 Å². The highest BCUT2D eigenvalue weighted by molar-refractivity contribution is 5.94. The molecule has 1 saturated heterocycles. The molecule has 0 spiro atoms. The lowest BCUT2D eigenvalue weighted by Gasteiger charge is -2.42. The minimum absolute atomic E-state index is 0.217. The van der Waals surface area contributed by atoms with E-state index in [1.165, 1.54) is 6.07 Å². The molecule has 0 saturated carbocycles. The van der Waals surface area contributed by atoms with Gasteiger partial charge in [-0.2, -0.15) is 0 Å². The molecule has 126 valence electrons. The lowest BCUT2D eigenvalue weighted by Crippen LogP contribution is -2.51. The number of primary amides is 1. The van der Waals surface area contributed by atoms with E-state index in [2.05, 4.69) is 0 Å². The van der Waals surface area contributed by atoms with E-state index in [1.807, 2.05) is 0 Å². The molecule has 0 unspecified atom stereocenters. The highest BCUT2D eigenvalue weighted by Gasteiger charge is 2.37. The Morgan fingerprint density at radius 3 is 2.78 bits per heavy atom. The number of nitrogens with zero attached hydrogens (tertiary/aromatic N) is 1. The van der Waals surface area contributed by atoms with Crippen molar-refractivity contribution in [2.75, 3.05) is 20.2 Å². The number of amides is 2. The van der Waals surface area contributed by atoms with Crippen molar-refractivity contribution < 1.29 is 18.7 Å². The van der Waals surface area contributed by atoms with Gasteiger partial charge in [0.25, 0.3) is 5.91 Å². The predicted molar refractivity (Wildman–Crippen MR) is 84.4 cm³/mol. The summed E-state index contributed by atoms with van der Waals surface area (Å²) in [6, 6.07) is 4.50. The van der Waals surface area contributed by atoms with E-state index in [-0.39, 0.29) is 24.1 Å². The lowest BCUT2D eigenvalue weighted by molar-refractivity contribution is -0.121. The fourth-order valence-electron chi connectivity index (χ4n) is 3.00. The number of likely N-dealkylation sites (tertiary alicyclic amines) is 1. The monoisotopic (exact) mass is 322 g/mol. The van der Waals surface area contributed by atoms with Crippen LogP contribution in [0.5, 0.6) is 0 Å². The molecule has 2 rings (SSSR count). The van der Waals surface area contributed by atoms with Gasteiger partial charge in [0.05, 0.1) is 5.60 Å². The average molecular weight is 322 g/mol. The van der Waals surface area contributed by atoms with Crippen LogP contribution in [0.3, 0.4) is 0 Å². The number of rotatable bonds is 5. The van der Waals surface area contributed by atoms with Gasteiger partial charge in [-0.25, -0.2) is 4.39 Å². The van der Waals surface area contributed by atoms with Crippen LogP contribution in [-0.2, 0) is 9.53 Å². The molecule has 1 aliphatic heterocycles. The molecular weight excluding hydrogens is 299 g/mol. The van der Waals surface area contributed by atoms with E-state index in [4.69, 9.17) is 10.5 Å². The maximum Gasteiger partial charge on any atom is 0.254 e. The number of hydrogen-bond acceptors (Lipinski definition) is 3. The molecule has 1 fully saturated rings. The fraction of sp³-hybridized carbons (Fsp3) is 0.529. The molecule has 0 aliphatic carbocycles. The molecule has 0 radical (unpaired) electrons. The van der Waals surface area contributed by atoms with E-state index < -0.39 is 5.60 Å². The smallest absolute Gasteiger partial charge is 0.254 e. The van der Waals surface area contributed by atoms with Gasteiger partial charge in [0, 0.05) is 32.2 Å². The number of halogens is 1. The van der Waals surface area contributed by atoms with Crippen molar-refractivity contribution in [3.63, 3.8) is 0 Å². The maximum atomic E-state index is 13.7. The van der Waals surface area contributed by atoms with E-state index >= 15 is 0 Å². The molecule has 1 aromatic carbocycles. The first-order chi connectivity index (χ1) is 10.9. The van der Waals surface area contributed by atoms with Gasteiger partial charge >= 0.3 is 0 Å². The summed E-state index contributed by atoms with van der Waals surface area (Å²) in [4.78, 5) is 25.3. The first-order valence-electron chi connectivity index (χ1n) is 7.76. The van der Waals surface area contributed by atoms with E-state index in [0.717, 1.165) is 12.8 Å². The molecule has 5 nitrogen and oxygen atoms in total. The van der Waals surface area contributed by atoms with Gasteiger partial charge in [-0.15, -0.1) is 0 Å². The summed E-state index contributed by atoms with van der Waals surface area (Å²) < 4.78 is 19.3. The summed E-state index contributed by atoms with van der Waals surface area (Å²) in [7, 11) is 1.58. The largest absolute Gasteiger partial charge is 0.376 e. The Balaban J connectivity index is 2.14. The van der Waals surface area contributed by atoms with Crippen molar-refractivity contribution in [2.24, 2.45) is 5.73 Å². The van der Waals surface area contributed by atoms with Gasteiger partial charge in [-0.1, -0.05) is 6.07 Å². The van der Waals surface area contributed by atoms with Gasteiger partial charge < -0.3 is 15.4 Å². The highest BCUT2D eigenvalue weighted by atomic mass is 19.1. The third-order valence-electron chi connectivity index (χ3n) is 4.51. The summed E-state index contributed by atoms with van der Waals surface area (Å²) in [5, 5.41) is 0. The average Bonchev–Trinajstić information content (AvgIpc) is 2.55. The quantitative estimate of drug-likeness (QED) is 0.901. The SMILES string of the molecule is CO[C@@]1(CCC(N)=O)CCCN(C(=O)c2ccc(C)c(F)c2)C1. The fourth-order valence-corrected chi connectivity index (χ4v) is 3.00. The molecule has 1 aromatic rings. The summed E-state index contributed by atoms with van der Waals surface area (Å²) in [5.41, 5.74) is 5.50. The Hall–Kier alpha value is -1.95. The van der Waals surface area contributed by atoms with Crippen LogP contribution in [0.15, 0.2) is 18.2 Å². The number of carbonyl (C=O) groups excluding carboxylic acids is 2. The third kappa shape index (κ3) is 4.07. The minimum Gasteiger partial charge on any atom is -0.376 e. The first-order valence-corrected chi connectivity index (χ1v) is 7.76. The summed E-state index contributed by atoms with van der Waals surface area (Å²) in [6.45, 7) is 2.63. The molecular formula is C17H23FN2O3. The van der Waals surface area contributed by atoms with Crippen LogP contribution in [0.4, 0.5) is 4.39 Å². The highest BCUT2D eigenvalue weighted by Crippen LogP contribution is 2.30. The molecule has 2 N–H and O–H groups in total. The number of ether oxygens (including phenoxy) is 1. The van der Waals surface area contributed by atoms with Crippen LogP contribution in [-0.4, -0.2) is 42.5 Å². The number of methoxy groups -OCH3 is 1. The minimum atomic E-state index is -0.563. The molecule has 1 atom stereocenters. The van der Waals surface area contributed by atoms with Crippen LogP contribution >= 0.6 is 0 Å². The third-order valence-corrected chi connectivity index (χ3v) is 4.51. The predicted octanol–water partition coefficient (Wildman–Crippen LogP) is 2.02. The van der Waals surface area contributed by atoms with Gasteiger partial charge in [0.2, 0.25) is 5.91 Å². The number of benzene rings is 1. The molecule has 1 aliphatic rings. The molecule has 0 bridgehead atoms. The zero-order valence-corrected chi connectivity index (χ0v) is 13.6. The first kappa shape index (κ1) is 17.4. The summed E-state index contributed by atoms with van der Waals surface area (Å²) in [6.07, 6.45) is 2.23. The number of nitrogens with two attached hydrogens (primary N) is 1. The zero-order valence-electron chi connectivity index (χ0n) is 13.6. The Morgan fingerprint density at radius 1 is 1.43 bits per heavy atom. The second kappa shape index (κ2) is 7.08. The number of carbonyl (C=O) groups is 2. The second-order valence-electron chi connectivity index (χ2n) is 6.15. The maximum absolute atomic E-state index is 13.7. The van der Waals surface area contributed by atoms with Crippen LogP contribution in [0.25, 0.3) is 0 Å². The second-order valence-corrected chi connectivity index (χ2v) is 6.15. The van der Waals surface area contributed by atoms with E-state index in [1.54, 1.807) is 31.1 Å². The summed E-state index contributed by atoms with van der Waals surface area (Å²) in [5.74, 6) is -0.992. The number of aryl methyl sites for hydroxylation is 1. The van der Waals surface area contributed by atoms with Crippen molar-refractivity contribution in [1.29, 1.82) is 0 Å². The topological polar surface area (TPSA) is 72.6 Å². The van der Waals surface area contributed by atoms with Crippen LogP contribution in [0, 0.1) is 12.7 Å². The Kier molecular flexibility index (Phi) is 5.36. The Morgan fingerprint density at radius 2 is 2.17 bits per heavy atom. The van der Waals surface area contributed by atoms with Crippen molar-refractivity contribution in [3.8, 4) is 0 Å². The molecule has 23 heavy (non-hydrogen) atoms. The molecule has 6 heteroatoms. The zero-order chi connectivity index (χ0) is 17.0. The van der Waals surface area contributed by atoms with Crippen molar-refractivity contribution in [1.82, 2.24) is 4.90 Å². The van der Waals surface area contributed by atoms with Crippen LogP contribution < -0.4 is 5.73 Å². The van der Waals surface area contributed by atoms with Crippen molar-refractivity contribution in [3.05, 3.63) is 35.1 Å². The van der Waals surface area contributed by atoms with Gasteiger partial charge in [-0.05, 0) is 43.9 Å². The Bertz CT molecular complexity index is 606. The molecule has 2 amide bonds.